The van der Waals surface area contributed by atoms with Crippen LogP contribution in [0.15, 0.2) is 10.6 Å². The lowest BCUT2D eigenvalue weighted by Crippen LogP contribution is -2.48. The van der Waals surface area contributed by atoms with E-state index in [2.05, 4.69) is 15.4 Å². The number of halogens is 2. The fourth-order valence-electron chi connectivity index (χ4n) is 3.53. The largest absolute Gasteiger partial charge is 0.361 e. The van der Waals surface area contributed by atoms with Crippen molar-refractivity contribution in [1.82, 2.24) is 20.3 Å². The third-order valence-corrected chi connectivity index (χ3v) is 5.01. The van der Waals surface area contributed by atoms with E-state index in [1.165, 1.54) is 12.8 Å². The summed E-state index contributed by atoms with van der Waals surface area (Å²) in [4.78, 5) is 16.7. The number of nitrogens with zero attached hydrogens (tertiary/aromatic N) is 3. The van der Waals surface area contributed by atoms with E-state index in [-0.39, 0.29) is 24.8 Å². The normalized spacial score (nSPS) is 19.2. The number of hydrogen-bond donors (Lipinski definition) is 1. The van der Waals surface area contributed by atoms with Crippen LogP contribution in [0.2, 0.25) is 0 Å². The van der Waals surface area contributed by atoms with Crippen molar-refractivity contribution in [1.29, 1.82) is 0 Å². The van der Waals surface area contributed by atoms with E-state index in [1.807, 2.05) is 17.9 Å². The molecule has 0 radical (unpaired) electrons. The van der Waals surface area contributed by atoms with Crippen molar-refractivity contribution < 1.29 is 9.32 Å². The SMILES string of the molecule is Cc1cc(CN2CCN(C(=O)CCC3CCNCC3)CC2)no1.Cl.Cl. The molecule has 2 aliphatic rings. The molecule has 6 nitrogen and oxygen atoms in total. The van der Waals surface area contributed by atoms with Crippen molar-refractivity contribution in [2.75, 3.05) is 39.3 Å². The van der Waals surface area contributed by atoms with Crippen LogP contribution < -0.4 is 5.32 Å². The van der Waals surface area contributed by atoms with Gasteiger partial charge in [-0.3, -0.25) is 9.69 Å². The molecule has 0 aromatic carbocycles. The molecule has 0 unspecified atom stereocenters. The Morgan fingerprint density at radius 2 is 1.92 bits per heavy atom. The van der Waals surface area contributed by atoms with Gasteiger partial charge in [-0.15, -0.1) is 24.8 Å². The van der Waals surface area contributed by atoms with Gasteiger partial charge in [-0.05, 0) is 45.2 Å². The molecule has 3 heterocycles. The molecule has 1 aromatic heterocycles. The van der Waals surface area contributed by atoms with Crippen LogP contribution in [0, 0.1) is 12.8 Å². The van der Waals surface area contributed by atoms with Crippen LogP contribution >= 0.6 is 24.8 Å². The summed E-state index contributed by atoms with van der Waals surface area (Å²) < 4.78 is 5.11. The summed E-state index contributed by atoms with van der Waals surface area (Å²) >= 11 is 0. The maximum atomic E-state index is 12.4. The van der Waals surface area contributed by atoms with Gasteiger partial charge in [0, 0.05) is 45.2 Å². The molecule has 8 heteroatoms. The van der Waals surface area contributed by atoms with Crippen LogP contribution in [0.3, 0.4) is 0 Å². The molecule has 0 saturated carbocycles. The maximum absolute atomic E-state index is 12.4. The Morgan fingerprint density at radius 3 is 2.52 bits per heavy atom. The summed E-state index contributed by atoms with van der Waals surface area (Å²) in [5.41, 5.74) is 0.980. The van der Waals surface area contributed by atoms with E-state index in [9.17, 15) is 4.79 Å². The van der Waals surface area contributed by atoms with E-state index in [0.29, 0.717) is 12.3 Å². The molecule has 0 bridgehead atoms. The zero-order chi connectivity index (χ0) is 16.1. The van der Waals surface area contributed by atoms with Crippen molar-refractivity contribution >= 4 is 30.7 Å². The molecule has 0 aliphatic carbocycles. The third kappa shape index (κ3) is 6.77. The second-order valence-electron chi connectivity index (χ2n) is 6.82. The van der Waals surface area contributed by atoms with E-state index in [4.69, 9.17) is 4.52 Å². The minimum Gasteiger partial charge on any atom is -0.361 e. The number of piperidine rings is 1. The third-order valence-electron chi connectivity index (χ3n) is 5.01. The van der Waals surface area contributed by atoms with Crippen LogP contribution in [-0.4, -0.2) is 60.1 Å². The van der Waals surface area contributed by atoms with Crippen molar-refractivity contribution in [3.63, 3.8) is 0 Å². The van der Waals surface area contributed by atoms with E-state index >= 15 is 0 Å². The lowest BCUT2D eigenvalue weighted by molar-refractivity contribution is -0.133. The predicted molar refractivity (Wildman–Crippen MR) is 102 cm³/mol. The molecular formula is C17H30Cl2N4O2. The first-order chi connectivity index (χ1) is 11.2. The molecule has 1 amide bonds. The maximum Gasteiger partial charge on any atom is 0.222 e. The van der Waals surface area contributed by atoms with Crippen LogP contribution in [0.5, 0.6) is 0 Å². The molecule has 2 fully saturated rings. The summed E-state index contributed by atoms with van der Waals surface area (Å²) in [6, 6.07) is 1.98. The lowest BCUT2D eigenvalue weighted by Gasteiger charge is -2.34. The summed E-state index contributed by atoms with van der Waals surface area (Å²) in [7, 11) is 0. The average Bonchev–Trinajstić information content (AvgIpc) is 2.99. The minimum absolute atomic E-state index is 0. The Kier molecular flexibility index (Phi) is 9.79. The number of piperazine rings is 1. The minimum atomic E-state index is 0. The molecule has 2 aliphatic heterocycles. The molecule has 0 spiro atoms. The van der Waals surface area contributed by atoms with Crippen LogP contribution in [-0.2, 0) is 11.3 Å². The molecule has 1 N–H and O–H groups in total. The average molecular weight is 393 g/mol. The van der Waals surface area contributed by atoms with Gasteiger partial charge >= 0.3 is 0 Å². The quantitative estimate of drug-likeness (QED) is 0.832. The Bertz CT molecular complexity index is 513. The summed E-state index contributed by atoms with van der Waals surface area (Å²) in [5, 5.41) is 7.42. The zero-order valence-electron chi connectivity index (χ0n) is 14.9. The van der Waals surface area contributed by atoms with E-state index in [0.717, 1.165) is 69.6 Å². The Hall–Kier alpha value is -0.820. The highest BCUT2D eigenvalue weighted by Gasteiger charge is 2.23. The standard InChI is InChI=1S/C17H28N4O2.2ClH/c1-14-12-16(19-23-14)13-20-8-10-21(11-9-20)17(22)3-2-15-4-6-18-7-5-15;;/h12,15,18H,2-11,13H2,1H3;2*1H. The van der Waals surface area contributed by atoms with Gasteiger partial charge in [-0.1, -0.05) is 5.16 Å². The number of hydrogen-bond acceptors (Lipinski definition) is 5. The molecule has 2 saturated heterocycles. The van der Waals surface area contributed by atoms with Gasteiger partial charge in [-0.2, -0.15) is 0 Å². The summed E-state index contributed by atoms with van der Waals surface area (Å²) in [6.07, 6.45) is 4.21. The molecule has 3 rings (SSSR count). The smallest absolute Gasteiger partial charge is 0.222 e. The van der Waals surface area contributed by atoms with Gasteiger partial charge in [0.2, 0.25) is 5.91 Å². The van der Waals surface area contributed by atoms with Crippen LogP contribution in [0.25, 0.3) is 0 Å². The Labute approximate surface area is 162 Å². The first-order valence-corrected chi connectivity index (χ1v) is 8.84. The lowest BCUT2D eigenvalue weighted by atomic mass is 9.93. The number of rotatable bonds is 5. The Balaban J connectivity index is 0.00000156. The number of aryl methyl sites for hydroxylation is 1. The second kappa shape index (κ2) is 11.0. The van der Waals surface area contributed by atoms with Gasteiger partial charge < -0.3 is 14.7 Å². The number of carbonyl (C=O) groups is 1. The second-order valence-corrected chi connectivity index (χ2v) is 6.82. The van der Waals surface area contributed by atoms with Crippen LogP contribution in [0.1, 0.15) is 37.1 Å². The first-order valence-electron chi connectivity index (χ1n) is 8.84. The van der Waals surface area contributed by atoms with Crippen LogP contribution in [0.4, 0.5) is 0 Å². The zero-order valence-corrected chi connectivity index (χ0v) is 16.5. The van der Waals surface area contributed by atoms with Crippen molar-refractivity contribution in [3.05, 3.63) is 17.5 Å². The molecule has 1 aromatic rings. The number of aromatic nitrogens is 1. The fourth-order valence-corrected chi connectivity index (χ4v) is 3.53. The summed E-state index contributed by atoms with van der Waals surface area (Å²) in [6.45, 7) is 8.46. The molecule has 25 heavy (non-hydrogen) atoms. The van der Waals surface area contributed by atoms with Gasteiger partial charge in [0.25, 0.3) is 0 Å². The predicted octanol–water partition coefficient (Wildman–Crippen LogP) is 2.25. The number of carbonyl (C=O) groups excluding carboxylic acids is 1. The van der Waals surface area contributed by atoms with Gasteiger partial charge in [0.05, 0.1) is 5.69 Å². The molecule has 0 atom stereocenters. The van der Waals surface area contributed by atoms with Crippen molar-refractivity contribution in [2.24, 2.45) is 5.92 Å². The Morgan fingerprint density at radius 1 is 1.24 bits per heavy atom. The summed E-state index contributed by atoms with van der Waals surface area (Å²) in [5.74, 6) is 1.92. The van der Waals surface area contributed by atoms with Gasteiger partial charge in [0.15, 0.2) is 0 Å². The van der Waals surface area contributed by atoms with Gasteiger partial charge in [0.1, 0.15) is 5.76 Å². The number of amides is 1. The topological polar surface area (TPSA) is 61.6 Å². The van der Waals surface area contributed by atoms with Crippen molar-refractivity contribution in [2.45, 2.75) is 39.2 Å². The monoisotopic (exact) mass is 392 g/mol. The highest BCUT2D eigenvalue weighted by Crippen LogP contribution is 2.19. The molecule has 144 valence electrons. The van der Waals surface area contributed by atoms with E-state index in [1.54, 1.807) is 0 Å². The van der Waals surface area contributed by atoms with Crippen molar-refractivity contribution in [3.8, 4) is 0 Å². The number of nitrogens with one attached hydrogen (secondary N) is 1. The first kappa shape index (κ1) is 22.2. The molecular weight excluding hydrogens is 363 g/mol. The fraction of sp³-hybridized carbons (Fsp3) is 0.765. The highest BCUT2D eigenvalue weighted by atomic mass is 35.5. The van der Waals surface area contributed by atoms with E-state index < -0.39 is 0 Å². The highest BCUT2D eigenvalue weighted by molar-refractivity contribution is 5.85. The van der Waals surface area contributed by atoms with Gasteiger partial charge in [-0.25, -0.2) is 0 Å².